The second-order valence-electron chi connectivity index (χ2n) is 2.66. The standard InChI is InChI=1S/C10H12N2O/c1-8(2)12-9(3)13-10-5-4-6-11-7-10/h4-7H,1H2,2-3H3. The Balaban J connectivity index is 2.65. The lowest BCUT2D eigenvalue weighted by Crippen LogP contribution is -2.02. The average Bonchev–Trinajstić information content (AvgIpc) is 2.04. The van der Waals surface area contributed by atoms with Gasteiger partial charge in [0.2, 0.25) is 0 Å². The monoisotopic (exact) mass is 176 g/mol. The van der Waals surface area contributed by atoms with Crippen LogP contribution in [0.3, 0.4) is 0 Å². The first-order valence-electron chi connectivity index (χ1n) is 3.97. The molecule has 0 aliphatic rings. The fourth-order valence-electron chi connectivity index (χ4n) is 0.870. The van der Waals surface area contributed by atoms with Gasteiger partial charge in [-0.25, -0.2) is 4.99 Å². The minimum absolute atomic E-state index is 0.570. The molecular formula is C10H12N2O. The zero-order chi connectivity index (χ0) is 9.68. The van der Waals surface area contributed by atoms with E-state index >= 15 is 0 Å². The van der Waals surface area contributed by atoms with Crippen LogP contribution >= 0.6 is 0 Å². The zero-order valence-corrected chi connectivity index (χ0v) is 7.82. The molecule has 0 atom stereocenters. The molecule has 0 aliphatic carbocycles. The van der Waals surface area contributed by atoms with Crippen LogP contribution in [0.2, 0.25) is 0 Å². The fraction of sp³-hybridized carbons (Fsp3) is 0.200. The second-order valence-corrected chi connectivity index (χ2v) is 2.66. The van der Waals surface area contributed by atoms with Crippen molar-refractivity contribution >= 4 is 5.90 Å². The van der Waals surface area contributed by atoms with Gasteiger partial charge in [-0.05, 0) is 19.1 Å². The van der Waals surface area contributed by atoms with Gasteiger partial charge in [0, 0.05) is 18.8 Å². The van der Waals surface area contributed by atoms with Gasteiger partial charge in [0.1, 0.15) is 5.75 Å². The molecule has 0 fully saturated rings. The van der Waals surface area contributed by atoms with Crippen LogP contribution in [0.5, 0.6) is 5.75 Å². The first kappa shape index (κ1) is 9.45. The maximum absolute atomic E-state index is 5.35. The Morgan fingerprint density at radius 1 is 1.54 bits per heavy atom. The molecule has 68 valence electrons. The van der Waals surface area contributed by atoms with E-state index in [0.717, 1.165) is 5.70 Å². The number of aliphatic imine (C=N–C) groups is 1. The molecule has 0 N–H and O–H groups in total. The van der Waals surface area contributed by atoms with E-state index in [-0.39, 0.29) is 0 Å². The molecule has 0 bridgehead atoms. The molecule has 0 spiro atoms. The molecule has 1 heterocycles. The third kappa shape index (κ3) is 3.51. The van der Waals surface area contributed by atoms with Gasteiger partial charge in [-0.3, -0.25) is 4.98 Å². The predicted octanol–water partition coefficient (Wildman–Crippen LogP) is 2.41. The largest absolute Gasteiger partial charge is 0.442 e. The minimum atomic E-state index is 0.570. The van der Waals surface area contributed by atoms with E-state index in [1.165, 1.54) is 0 Å². The molecular weight excluding hydrogens is 164 g/mol. The van der Waals surface area contributed by atoms with Crippen LogP contribution in [0.1, 0.15) is 13.8 Å². The first-order chi connectivity index (χ1) is 6.18. The third-order valence-electron chi connectivity index (χ3n) is 1.25. The number of pyridine rings is 1. The Bertz CT molecular complexity index is 317. The quantitative estimate of drug-likeness (QED) is 0.512. The second kappa shape index (κ2) is 4.40. The van der Waals surface area contributed by atoms with Crippen molar-refractivity contribution in [2.45, 2.75) is 13.8 Å². The summed E-state index contributed by atoms with van der Waals surface area (Å²) in [6.07, 6.45) is 3.33. The van der Waals surface area contributed by atoms with Crippen LogP contribution in [-0.2, 0) is 0 Å². The molecule has 0 unspecified atom stereocenters. The zero-order valence-electron chi connectivity index (χ0n) is 7.82. The highest BCUT2D eigenvalue weighted by Crippen LogP contribution is 2.07. The van der Waals surface area contributed by atoms with Gasteiger partial charge < -0.3 is 4.74 Å². The average molecular weight is 176 g/mol. The van der Waals surface area contributed by atoms with Crippen molar-refractivity contribution in [3.8, 4) is 5.75 Å². The van der Waals surface area contributed by atoms with Gasteiger partial charge in [0.05, 0.1) is 6.20 Å². The maximum Gasteiger partial charge on any atom is 0.191 e. The van der Waals surface area contributed by atoms with Gasteiger partial charge in [0.25, 0.3) is 0 Å². The highest BCUT2D eigenvalue weighted by molar-refractivity contribution is 5.76. The Labute approximate surface area is 77.8 Å². The Morgan fingerprint density at radius 2 is 2.31 bits per heavy atom. The lowest BCUT2D eigenvalue weighted by molar-refractivity contribution is 0.543. The van der Waals surface area contributed by atoms with Crippen LogP contribution < -0.4 is 4.74 Å². The number of hydrogen-bond acceptors (Lipinski definition) is 3. The molecule has 3 nitrogen and oxygen atoms in total. The maximum atomic E-state index is 5.35. The molecule has 0 aliphatic heterocycles. The molecule has 0 saturated heterocycles. The lowest BCUT2D eigenvalue weighted by Gasteiger charge is -2.02. The summed E-state index contributed by atoms with van der Waals surface area (Å²) in [5.74, 6) is 1.26. The van der Waals surface area contributed by atoms with E-state index < -0.39 is 0 Å². The van der Waals surface area contributed by atoms with E-state index in [1.54, 1.807) is 19.3 Å². The van der Waals surface area contributed by atoms with E-state index in [9.17, 15) is 0 Å². The molecule has 0 aromatic carbocycles. The predicted molar refractivity (Wildman–Crippen MR) is 52.8 cm³/mol. The molecule has 0 saturated carbocycles. The van der Waals surface area contributed by atoms with Gasteiger partial charge in [-0.15, -0.1) is 0 Å². The summed E-state index contributed by atoms with van der Waals surface area (Å²) in [5.41, 5.74) is 0.724. The van der Waals surface area contributed by atoms with Crippen LogP contribution in [0, 0.1) is 0 Å². The van der Waals surface area contributed by atoms with Gasteiger partial charge >= 0.3 is 0 Å². The number of aromatic nitrogens is 1. The molecule has 1 rings (SSSR count). The molecule has 3 heteroatoms. The van der Waals surface area contributed by atoms with Gasteiger partial charge in [-0.2, -0.15) is 0 Å². The number of hydrogen-bond donors (Lipinski definition) is 0. The van der Waals surface area contributed by atoms with E-state index in [2.05, 4.69) is 16.6 Å². The smallest absolute Gasteiger partial charge is 0.191 e. The lowest BCUT2D eigenvalue weighted by atomic mass is 10.5. The number of allylic oxidation sites excluding steroid dienone is 1. The molecule has 0 amide bonds. The molecule has 0 radical (unpaired) electrons. The van der Waals surface area contributed by atoms with Crippen molar-refractivity contribution in [1.29, 1.82) is 0 Å². The summed E-state index contributed by atoms with van der Waals surface area (Å²) in [5, 5.41) is 0. The first-order valence-corrected chi connectivity index (χ1v) is 3.97. The van der Waals surface area contributed by atoms with E-state index in [0.29, 0.717) is 11.6 Å². The van der Waals surface area contributed by atoms with Gasteiger partial charge in [0.15, 0.2) is 5.90 Å². The Morgan fingerprint density at radius 3 is 2.85 bits per heavy atom. The summed E-state index contributed by atoms with van der Waals surface area (Å²) in [7, 11) is 0. The number of ether oxygens (including phenoxy) is 1. The summed E-state index contributed by atoms with van der Waals surface area (Å²) in [6.45, 7) is 7.25. The SMILES string of the molecule is C=C(C)N=C(C)Oc1cccnc1. The van der Waals surface area contributed by atoms with Crippen molar-refractivity contribution < 1.29 is 4.74 Å². The highest BCUT2D eigenvalue weighted by atomic mass is 16.5. The third-order valence-corrected chi connectivity index (χ3v) is 1.25. The molecule has 1 aromatic heterocycles. The summed E-state index contributed by atoms with van der Waals surface area (Å²) in [4.78, 5) is 7.96. The summed E-state index contributed by atoms with van der Waals surface area (Å²) in [6, 6.07) is 3.63. The van der Waals surface area contributed by atoms with E-state index in [1.807, 2.05) is 19.1 Å². The van der Waals surface area contributed by atoms with Gasteiger partial charge in [-0.1, -0.05) is 6.58 Å². The number of rotatable bonds is 2. The van der Waals surface area contributed by atoms with Crippen LogP contribution in [0.25, 0.3) is 0 Å². The van der Waals surface area contributed by atoms with Crippen LogP contribution in [-0.4, -0.2) is 10.9 Å². The van der Waals surface area contributed by atoms with Crippen molar-refractivity contribution in [2.75, 3.05) is 0 Å². The highest BCUT2D eigenvalue weighted by Gasteiger charge is 1.94. The molecule has 1 aromatic rings. The summed E-state index contributed by atoms with van der Waals surface area (Å²) < 4.78 is 5.35. The van der Waals surface area contributed by atoms with Crippen molar-refractivity contribution in [1.82, 2.24) is 4.98 Å². The van der Waals surface area contributed by atoms with Crippen molar-refractivity contribution in [3.05, 3.63) is 36.8 Å². The van der Waals surface area contributed by atoms with Crippen molar-refractivity contribution in [2.24, 2.45) is 4.99 Å². The normalized spacial score (nSPS) is 11.1. The summed E-state index contributed by atoms with van der Waals surface area (Å²) >= 11 is 0. The molecule has 13 heavy (non-hydrogen) atoms. The number of nitrogens with zero attached hydrogens (tertiary/aromatic N) is 2. The Kier molecular flexibility index (Phi) is 3.20. The van der Waals surface area contributed by atoms with E-state index in [4.69, 9.17) is 4.74 Å². The Hall–Kier alpha value is -1.64. The topological polar surface area (TPSA) is 34.5 Å². The van der Waals surface area contributed by atoms with Crippen LogP contribution in [0.15, 0.2) is 41.8 Å². The fourth-order valence-corrected chi connectivity index (χ4v) is 0.870. The van der Waals surface area contributed by atoms with Crippen LogP contribution in [0.4, 0.5) is 0 Å². The van der Waals surface area contributed by atoms with Crippen molar-refractivity contribution in [3.63, 3.8) is 0 Å². The minimum Gasteiger partial charge on any atom is -0.442 e.